The smallest absolute Gasteiger partial charge is 0.267 e. The summed E-state index contributed by atoms with van der Waals surface area (Å²) in [6, 6.07) is 6.91. The third-order valence-electron chi connectivity index (χ3n) is 5.44. The van der Waals surface area contributed by atoms with Gasteiger partial charge < -0.3 is 9.47 Å². The Kier molecular flexibility index (Phi) is 4.30. The number of nitrogens with zero attached hydrogens (tertiary/aromatic N) is 4. The van der Waals surface area contributed by atoms with Crippen molar-refractivity contribution >= 4 is 22.6 Å². The molecule has 0 aliphatic carbocycles. The number of nitrogens with one attached hydrogen (secondary N) is 1. The van der Waals surface area contributed by atoms with Crippen LogP contribution in [0.25, 0.3) is 16.7 Å². The number of likely N-dealkylation sites (tertiary alicyclic amines) is 1. The van der Waals surface area contributed by atoms with Crippen LogP contribution in [0.3, 0.4) is 0 Å². The quantitative estimate of drug-likeness (QED) is 0.705. The Labute approximate surface area is 156 Å². The van der Waals surface area contributed by atoms with E-state index in [0.29, 0.717) is 42.2 Å². The lowest BCUT2D eigenvalue weighted by molar-refractivity contribution is 0.0694. The van der Waals surface area contributed by atoms with Gasteiger partial charge in [-0.15, -0.1) is 0 Å². The topological polar surface area (TPSA) is 83.5 Å². The molecule has 1 N–H and O–H groups in total. The lowest BCUT2D eigenvalue weighted by Gasteiger charge is -2.30. The van der Waals surface area contributed by atoms with E-state index in [4.69, 9.17) is 5.41 Å². The Morgan fingerprint density at radius 3 is 2.74 bits per heavy atom. The Balaban J connectivity index is 1.94. The molecule has 4 heterocycles. The average molecular weight is 365 g/mol. The molecule has 0 radical (unpaired) electrons. The highest BCUT2D eigenvalue weighted by molar-refractivity contribution is 5.96. The van der Waals surface area contributed by atoms with Crippen LogP contribution >= 0.6 is 0 Å². The molecule has 1 amide bonds. The SMILES string of the molecule is CCn1c(=N)c(C(=O)N2CCC(C)CC2)cc2c(=O)n3ccccc3nc21. The molecule has 0 saturated carbocycles. The van der Waals surface area contributed by atoms with E-state index in [1.807, 2.05) is 13.0 Å². The minimum atomic E-state index is -0.223. The zero-order valence-electron chi connectivity index (χ0n) is 15.6. The number of fused-ring (bicyclic) bond motifs is 2. The molecule has 1 saturated heterocycles. The summed E-state index contributed by atoms with van der Waals surface area (Å²) in [4.78, 5) is 32.4. The van der Waals surface area contributed by atoms with E-state index in [9.17, 15) is 9.59 Å². The molecule has 3 aromatic heterocycles. The predicted molar refractivity (Wildman–Crippen MR) is 103 cm³/mol. The van der Waals surface area contributed by atoms with Crippen LogP contribution in [0.2, 0.25) is 0 Å². The highest BCUT2D eigenvalue weighted by Gasteiger charge is 2.24. The summed E-state index contributed by atoms with van der Waals surface area (Å²) in [5.41, 5.74) is 1.14. The number of carbonyl (C=O) groups excluding carboxylic acids is 1. The number of hydrogen-bond acceptors (Lipinski definition) is 4. The van der Waals surface area contributed by atoms with Crippen molar-refractivity contribution in [2.45, 2.75) is 33.2 Å². The van der Waals surface area contributed by atoms with Crippen LogP contribution in [0.15, 0.2) is 35.3 Å². The molecule has 3 aromatic rings. The van der Waals surface area contributed by atoms with Crippen LogP contribution in [0.1, 0.15) is 37.0 Å². The number of aromatic nitrogens is 3. The summed E-state index contributed by atoms with van der Waals surface area (Å²) in [5.74, 6) is 0.440. The molecule has 1 fully saturated rings. The van der Waals surface area contributed by atoms with Crippen molar-refractivity contribution in [2.24, 2.45) is 5.92 Å². The summed E-state index contributed by atoms with van der Waals surface area (Å²) in [6.45, 7) is 5.93. The number of rotatable bonds is 2. The first-order valence-corrected chi connectivity index (χ1v) is 9.40. The normalized spacial score (nSPS) is 15.6. The maximum absolute atomic E-state index is 13.1. The van der Waals surface area contributed by atoms with E-state index in [1.165, 1.54) is 4.40 Å². The van der Waals surface area contributed by atoms with Gasteiger partial charge in [0.2, 0.25) is 0 Å². The number of aryl methyl sites for hydroxylation is 1. The third-order valence-corrected chi connectivity index (χ3v) is 5.44. The Morgan fingerprint density at radius 1 is 1.30 bits per heavy atom. The zero-order chi connectivity index (χ0) is 19.1. The summed E-state index contributed by atoms with van der Waals surface area (Å²) in [6.07, 6.45) is 3.60. The predicted octanol–water partition coefficient (Wildman–Crippen LogP) is 2.02. The van der Waals surface area contributed by atoms with Crippen molar-refractivity contribution in [1.82, 2.24) is 18.9 Å². The van der Waals surface area contributed by atoms with Crippen LogP contribution in [0, 0.1) is 11.3 Å². The van der Waals surface area contributed by atoms with Crippen molar-refractivity contribution in [3.8, 4) is 0 Å². The number of piperidine rings is 1. The first-order chi connectivity index (χ1) is 13.0. The van der Waals surface area contributed by atoms with Gasteiger partial charge in [-0.05, 0) is 43.9 Å². The van der Waals surface area contributed by atoms with Gasteiger partial charge in [-0.2, -0.15) is 0 Å². The van der Waals surface area contributed by atoms with Crippen molar-refractivity contribution < 1.29 is 4.79 Å². The molecule has 4 rings (SSSR count). The fourth-order valence-corrected chi connectivity index (χ4v) is 3.74. The highest BCUT2D eigenvalue weighted by atomic mass is 16.2. The zero-order valence-corrected chi connectivity index (χ0v) is 15.6. The molecule has 27 heavy (non-hydrogen) atoms. The van der Waals surface area contributed by atoms with Crippen molar-refractivity contribution in [3.63, 3.8) is 0 Å². The molecular formula is C20H23N5O2. The van der Waals surface area contributed by atoms with Gasteiger partial charge in [0.1, 0.15) is 16.8 Å². The third kappa shape index (κ3) is 2.83. The van der Waals surface area contributed by atoms with Crippen molar-refractivity contribution in [2.75, 3.05) is 13.1 Å². The van der Waals surface area contributed by atoms with Crippen LogP contribution in [-0.2, 0) is 6.54 Å². The molecule has 1 aliphatic rings. The van der Waals surface area contributed by atoms with Crippen LogP contribution in [0.5, 0.6) is 0 Å². The fraction of sp³-hybridized carbons (Fsp3) is 0.400. The summed E-state index contributed by atoms with van der Waals surface area (Å²) >= 11 is 0. The molecule has 1 aliphatic heterocycles. The van der Waals surface area contributed by atoms with Gasteiger partial charge >= 0.3 is 0 Å². The highest BCUT2D eigenvalue weighted by Crippen LogP contribution is 2.18. The molecule has 0 spiro atoms. The summed E-state index contributed by atoms with van der Waals surface area (Å²) in [7, 11) is 0. The van der Waals surface area contributed by atoms with Crippen LogP contribution in [0.4, 0.5) is 0 Å². The summed E-state index contributed by atoms with van der Waals surface area (Å²) in [5, 5.41) is 8.93. The monoisotopic (exact) mass is 365 g/mol. The van der Waals surface area contributed by atoms with E-state index >= 15 is 0 Å². The molecule has 0 atom stereocenters. The first kappa shape index (κ1) is 17.5. The van der Waals surface area contributed by atoms with Gasteiger partial charge in [0.05, 0.1) is 10.9 Å². The molecule has 0 bridgehead atoms. The van der Waals surface area contributed by atoms with Gasteiger partial charge in [-0.25, -0.2) is 4.98 Å². The second-order valence-electron chi connectivity index (χ2n) is 7.21. The Morgan fingerprint density at radius 2 is 2.04 bits per heavy atom. The minimum absolute atomic E-state index is 0.112. The van der Waals surface area contributed by atoms with Gasteiger partial charge in [-0.3, -0.25) is 19.4 Å². The van der Waals surface area contributed by atoms with E-state index in [1.54, 1.807) is 33.9 Å². The van der Waals surface area contributed by atoms with Crippen LogP contribution in [-0.4, -0.2) is 37.8 Å². The van der Waals surface area contributed by atoms with Crippen molar-refractivity contribution in [3.05, 3.63) is 51.9 Å². The lowest BCUT2D eigenvalue weighted by atomic mass is 9.98. The molecule has 0 aromatic carbocycles. The first-order valence-electron chi connectivity index (χ1n) is 9.40. The molecule has 7 nitrogen and oxygen atoms in total. The summed E-state index contributed by atoms with van der Waals surface area (Å²) < 4.78 is 3.12. The molecule has 7 heteroatoms. The van der Waals surface area contributed by atoms with Crippen molar-refractivity contribution in [1.29, 1.82) is 5.41 Å². The second kappa shape index (κ2) is 6.64. The number of hydrogen-bond donors (Lipinski definition) is 1. The molecule has 140 valence electrons. The molecule has 0 unspecified atom stereocenters. The second-order valence-corrected chi connectivity index (χ2v) is 7.21. The number of pyridine rings is 2. The van der Waals surface area contributed by atoms with Gasteiger partial charge in [0, 0.05) is 25.8 Å². The van der Waals surface area contributed by atoms with Crippen LogP contribution < -0.4 is 11.0 Å². The molecular weight excluding hydrogens is 342 g/mol. The van der Waals surface area contributed by atoms with E-state index < -0.39 is 0 Å². The van der Waals surface area contributed by atoms with E-state index in [2.05, 4.69) is 11.9 Å². The number of amides is 1. The standard InChI is InChI=1S/C20H23N5O2/c1-3-24-17(21)14(19(26)23-10-7-13(2)8-11-23)12-15-18(24)22-16-6-4-5-9-25(16)20(15)27/h4-6,9,12-13,21H,3,7-8,10-11H2,1-2H3. The largest absolute Gasteiger partial charge is 0.339 e. The lowest BCUT2D eigenvalue weighted by Crippen LogP contribution is -2.41. The van der Waals surface area contributed by atoms with E-state index in [0.717, 1.165) is 12.8 Å². The fourth-order valence-electron chi connectivity index (χ4n) is 3.74. The maximum Gasteiger partial charge on any atom is 0.267 e. The number of carbonyl (C=O) groups is 1. The van der Waals surface area contributed by atoms with Gasteiger partial charge in [-0.1, -0.05) is 13.0 Å². The Bertz CT molecular complexity index is 1150. The average Bonchev–Trinajstić information content (AvgIpc) is 2.68. The minimum Gasteiger partial charge on any atom is -0.339 e. The maximum atomic E-state index is 13.1. The van der Waals surface area contributed by atoms with Gasteiger partial charge in [0.25, 0.3) is 11.5 Å². The Hall–Kier alpha value is -2.96. The van der Waals surface area contributed by atoms with Gasteiger partial charge in [0.15, 0.2) is 0 Å². The van der Waals surface area contributed by atoms with E-state index in [-0.39, 0.29) is 22.5 Å².